The first kappa shape index (κ1) is 20.7. The molecule has 1 saturated heterocycles. The zero-order chi connectivity index (χ0) is 20.3. The van der Waals surface area contributed by atoms with Crippen molar-refractivity contribution in [3.63, 3.8) is 0 Å². The largest absolute Gasteiger partial charge is 0.409 e. The first-order valence-electron chi connectivity index (χ1n) is 9.83. The molecule has 1 aliphatic rings. The summed E-state index contributed by atoms with van der Waals surface area (Å²) in [5, 5.41) is 7.61. The number of aryl methyl sites for hydroxylation is 1. The Balaban J connectivity index is 1.53. The molecule has 0 saturated carbocycles. The number of rotatable bonds is 5. The molecule has 1 aliphatic heterocycles. The Bertz CT molecular complexity index is 858. The van der Waals surface area contributed by atoms with Gasteiger partial charge in [0.05, 0.1) is 0 Å². The number of hydrogen-bond acceptors (Lipinski definition) is 4. The molecule has 0 bridgehead atoms. The van der Waals surface area contributed by atoms with Crippen LogP contribution in [-0.2, 0) is 11.5 Å². The molecule has 152 valence electrons. The van der Waals surface area contributed by atoms with Crippen molar-refractivity contribution in [2.45, 2.75) is 39.9 Å². The van der Waals surface area contributed by atoms with Crippen LogP contribution in [0.4, 0.5) is 0 Å². The highest BCUT2D eigenvalue weighted by Crippen LogP contribution is 2.17. The zero-order valence-electron chi connectivity index (χ0n) is 17.2. The normalized spacial score (nSPS) is 20.1. The summed E-state index contributed by atoms with van der Waals surface area (Å²) in [4.78, 5) is 15.3. The number of amides is 1. The van der Waals surface area contributed by atoms with E-state index in [0.717, 1.165) is 31.7 Å². The first-order valence-corrected chi connectivity index (χ1v) is 10.2. The van der Waals surface area contributed by atoms with E-state index in [1.807, 2.05) is 45.0 Å². The summed E-state index contributed by atoms with van der Waals surface area (Å²) >= 11 is 5.36. The standard InChI is InChI=1S/C20H29N5O2S/c1-15-5-7-16(8-6-15)18-22-25(19(28)27-18)14-24-11-9-23(10-12-24)13-17(26)21-20(2,3)4/h5-8H,9-14H2,1-4H3,(H,21,26)/p+2. The van der Waals surface area contributed by atoms with E-state index in [-0.39, 0.29) is 11.4 Å². The predicted molar refractivity (Wildman–Crippen MR) is 110 cm³/mol. The van der Waals surface area contributed by atoms with Crippen LogP contribution in [-0.4, -0.2) is 54.0 Å². The summed E-state index contributed by atoms with van der Waals surface area (Å²) in [7, 11) is 0. The van der Waals surface area contributed by atoms with Crippen LogP contribution in [0.15, 0.2) is 28.7 Å². The van der Waals surface area contributed by atoms with Crippen molar-refractivity contribution in [3.05, 3.63) is 34.7 Å². The van der Waals surface area contributed by atoms with Gasteiger partial charge in [-0.3, -0.25) is 4.79 Å². The number of carbonyl (C=O) groups is 1. The third-order valence-electron chi connectivity index (χ3n) is 4.87. The molecule has 0 atom stereocenters. The molecular weight excluding hydrogens is 374 g/mol. The third-order valence-corrected chi connectivity index (χ3v) is 5.16. The molecule has 1 aromatic heterocycles. The molecule has 0 spiro atoms. The number of piperazine rings is 1. The maximum absolute atomic E-state index is 12.1. The molecule has 1 aromatic carbocycles. The minimum atomic E-state index is -0.178. The quantitative estimate of drug-likeness (QED) is 0.605. The zero-order valence-corrected chi connectivity index (χ0v) is 18.0. The Labute approximate surface area is 171 Å². The van der Waals surface area contributed by atoms with Gasteiger partial charge in [-0.05, 0) is 52.0 Å². The lowest BCUT2D eigenvalue weighted by Crippen LogP contribution is -3.28. The molecule has 3 rings (SSSR count). The number of nitrogens with zero attached hydrogens (tertiary/aromatic N) is 2. The highest BCUT2D eigenvalue weighted by molar-refractivity contribution is 7.71. The molecule has 28 heavy (non-hydrogen) atoms. The second kappa shape index (κ2) is 8.55. The SMILES string of the molecule is Cc1ccc(-c2nn(C[NH+]3CC[NH+](CC(=O)NC(C)(C)C)CC3)c(=S)o2)cc1. The lowest BCUT2D eigenvalue weighted by Gasteiger charge is -2.30. The summed E-state index contributed by atoms with van der Waals surface area (Å²) in [6, 6.07) is 8.07. The number of nitrogens with one attached hydrogen (secondary N) is 3. The molecule has 7 nitrogen and oxygen atoms in total. The second-order valence-corrected chi connectivity index (χ2v) is 9.02. The molecule has 3 N–H and O–H groups in total. The topological polar surface area (TPSA) is 68.9 Å². The smallest absolute Gasteiger partial charge is 0.292 e. The molecule has 2 aromatic rings. The minimum Gasteiger partial charge on any atom is -0.409 e. The fourth-order valence-corrected chi connectivity index (χ4v) is 3.60. The average molecular weight is 406 g/mol. The van der Waals surface area contributed by atoms with Gasteiger partial charge in [-0.25, -0.2) is 0 Å². The second-order valence-electron chi connectivity index (χ2n) is 8.67. The van der Waals surface area contributed by atoms with Crippen LogP contribution in [0.3, 0.4) is 0 Å². The average Bonchev–Trinajstić information content (AvgIpc) is 2.96. The minimum absolute atomic E-state index is 0.118. The Morgan fingerprint density at radius 2 is 1.79 bits per heavy atom. The van der Waals surface area contributed by atoms with Crippen LogP contribution in [0.1, 0.15) is 26.3 Å². The Morgan fingerprint density at radius 1 is 1.18 bits per heavy atom. The number of aromatic nitrogens is 2. The van der Waals surface area contributed by atoms with E-state index in [4.69, 9.17) is 16.6 Å². The predicted octanol–water partition coefficient (Wildman–Crippen LogP) is -0.163. The highest BCUT2D eigenvalue weighted by Gasteiger charge is 2.27. The lowest BCUT2D eigenvalue weighted by atomic mass is 10.1. The van der Waals surface area contributed by atoms with E-state index in [2.05, 4.69) is 17.3 Å². The first-order chi connectivity index (χ1) is 13.2. The van der Waals surface area contributed by atoms with Gasteiger partial charge in [0.1, 0.15) is 26.2 Å². The Hall–Kier alpha value is -2.03. The fourth-order valence-electron chi connectivity index (χ4n) is 3.41. The van der Waals surface area contributed by atoms with Gasteiger partial charge in [-0.2, -0.15) is 4.68 Å². The van der Waals surface area contributed by atoms with Gasteiger partial charge in [0, 0.05) is 11.1 Å². The van der Waals surface area contributed by atoms with Crippen LogP contribution in [0, 0.1) is 11.8 Å². The highest BCUT2D eigenvalue weighted by atomic mass is 32.1. The maximum atomic E-state index is 12.1. The van der Waals surface area contributed by atoms with Crippen molar-refractivity contribution < 1.29 is 19.0 Å². The Kier molecular flexibility index (Phi) is 6.32. The van der Waals surface area contributed by atoms with Crippen LogP contribution >= 0.6 is 12.2 Å². The number of hydrogen-bond donors (Lipinski definition) is 3. The number of benzene rings is 1. The van der Waals surface area contributed by atoms with Crippen molar-refractivity contribution in [1.82, 2.24) is 15.1 Å². The van der Waals surface area contributed by atoms with E-state index in [0.29, 0.717) is 23.9 Å². The van der Waals surface area contributed by atoms with Gasteiger partial charge >= 0.3 is 0 Å². The molecule has 2 heterocycles. The molecule has 0 radical (unpaired) electrons. The van der Waals surface area contributed by atoms with E-state index in [9.17, 15) is 4.79 Å². The molecule has 1 amide bonds. The van der Waals surface area contributed by atoms with Crippen molar-refractivity contribution in [3.8, 4) is 11.5 Å². The summed E-state index contributed by atoms with van der Waals surface area (Å²) in [5.41, 5.74) is 1.95. The van der Waals surface area contributed by atoms with Gasteiger partial charge in [0.25, 0.3) is 10.7 Å². The summed E-state index contributed by atoms with van der Waals surface area (Å²) in [6.07, 6.45) is 0. The molecule has 0 unspecified atom stereocenters. The summed E-state index contributed by atoms with van der Waals surface area (Å²) in [5.74, 6) is 0.680. The van der Waals surface area contributed by atoms with Gasteiger partial charge in [-0.15, -0.1) is 5.10 Å². The molecular formula is C20H31N5O2S+2. The van der Waals surface area contributed by atoms with Crippen molar-refractivity contribution in [2.75, 3.05) is 32.7 Å². The van der Waals surface area contributed by atoms with Crippen molar-refractivity contribution >= 4 is 18.1 Å². The van der Waals surface area contributed by atoms with E-state index >= 15 is 0 Å². The van der Waals surface area contributed by atoms with Crippen LogP contribution < -0.4 is 15.1 Å². The van der Waals surface area contributed by atoms with Crippen molar-refractivity contribution in [1.29, 1.82) is 0 Å². The molecule has 0 aliphatic carbocycles. The lowest BCUT2D eigenvalue weighted by molar-refractivity contribution is -1.02. The van der Waals surface area contributed by atoms with Crippen LogP contribution in [0.25, 0.3) is 11.5 Å². The van der Waals surface area contributed by atoms with Gasteiger partial charge < -0.3 is 19.5 Å². The molecule has 8 heteroatoms. The third kappa shape index (κ3) is 5.73. The van der Waals surface area contributed by atoms with E-state index < -0.39 is 0 Å². The fraction of sp³-hybridized carbons (Fsp3) is 0.550. The molecule has 1 fully saturated rings. The van der Waals surface area contributed by atoms with Gasteiger partial charge in [0.15, 0.2) is 13.2 Å². The monoisotopic (exact) mass is 405 g/mol. The van der Waals surface area contributed by atoms with Gasteiger partial charge in [-0.1, -0.05) is 17.7 Å². The van der Waals surface area contributed by atoms with E-state index in [1.54, 1.807) is 4.68 Å². The number of quaternary nitrogens is 2. The maximum Gasteiger partial charge on any atom is 0.292 e. The van der Waals surface area contributed by atoms with Crippen molar-refractivity contribution in [2.24, 2.45) is 0 Å². The van der Waals surface area contributed by atoms with Crippen LogP contribution in [0.5, 0.6) is 0 Å². The summed E-state index contributed by atoms with van der Waals surface area (Å²) in [6.45, 7) is 13.2. The Morgan fingerprint density at radius 3 is 2.39 bits per heavy atom. The van der Waals surface area contributed by atoms with E-state index in [1.165, 1.54) is 15.4 Å². The van der Waals surface area contributed by atoms with Gasteiger partial charge in [0.2, 0.25) is 5.89 Å². The summed E-state index contributed by atoms with van der Waals surface area (Å²) < 4.78 is 7.47. The number of carbonyl (C=O) groups excluding carboxylic acids is 1. The van der Waals surface area contributed by atoms with Crippen LogP contribution in [0.2, 0.25) is 0 Å².